The number of carbonyl (C=O) groups is 1. The van der Waals surface area contributed by atoms with Gasteiger partial charge in [-0.05, 0) is 26.3 Å². The number of aromatic nitrogens is 1. The van der Waals surface area contributed by atoms with E-state index in [-0.39, 0.29) is 17.7 Å². The molecular formula is C11H14F3NO2. The van der Waals surface area contributed by atoms with Gasteiger partial charge in [0.05, 0.1) is 18.6 Å². The third-order valence-electron chi connectivity index (χ3n) is 2.36. The summed E-state index contributed by atoms with van der Waals surface area (Å²) >= 11 is 0. The first-order valence-electron chi connectivity index (χ1n) is 5.18. The minimum Gasteiger partial charge on any atom is -0.462 e. The van der Waals surface area contributed by atoms with E-state index in [2.05, 4.69) is 4.98 Å². The minimum absolute atomic E-state index is 0.00155. The first-order valence-corrected chi connectivity index (χ1v) is 5.18. The van der Waals surface area contributed by atoms with E-state index >= 15 is 0 Å². The molecule has 1 aromatic heterocycles. The lowest BCUT2D eigenvalue weighted by molar-refractivity contribution is -0.127. The number of hydrogen-bond donors (Lipinski definition) is 1. The lowest BCUT2D eigenvalue weighted by Crippen LogP contribution is -2.16. The molecule has 0 aromatic carbocycles. The summed E-state index contributed by atoms with van der Waals surface area (Å²) in [5.74, 6) is -0.714. The molecule has 6 heteroatoms. The lowest BCUT2D eigenvalue weighted by atomic mass is 10.1. The Balaban J connectivity index is 3.15. The molecule has 0 unspecified atom stereocenters. The van der Waals surface area contributed by atoms with Crippen molar-refractivity contribution < 1.29 is 22.7 Å². The van der Waals surface area contributed by atoms with Crippen LogP contribution < -0.4 is 0 Å². The van der Waals surface area contributed by atoms with Gasteiger partial charge >= 0.3 is 12.1 Å². The van der Waals surface area contributed by atoms with E-state index < -0.39 is 18.6 Å². The van der Waals surface area contributed by atoms with Crippen LogP contribution in [0, 0.1) is 13.8 Å². The van der Waals surface area contributed by atoms with Crippen molar-refractivity contribution in [3.8, 4) is 0 Å². The van der Waals surface area contributed by atoms with Gasteiger partial charge in [0, 0.05) is 11.4 Å². The number of aryl methyl sites for hydroxylation is 2. The molecule has 0 bridgehead atoms. The van der Waals surface area contributed by atoms with Gasteiger partial charge in [0.15, 0.2) is 0 Å². The Kier molecular flexibility index (Phi) is 3.85. The van der Waals surface area contributed by atoms with Gasteiger partial charge in [0.1, 0.15) is 0 Å². The fourth-order valence-corrected chi connectivity index (χ4v) is 1.73. The van der Waals surface area contributed by atoms with Crippen molar-refractivity contribution in [3.05, 3.63) is 22.5 Å². The summed E-state index contributed by atoms with van der Waals surface area (Å²) in [6.07, 6.45) is -5.47. The Morgan fingerprint density at radius 3 is 2.35 bits per heavy atom. The lowest BCUT2D eigenvalue weighted by Gasteiger charge is -2.08. The molecule has 1 aromatic rings. The Bertz CT molecular complexity index is 421. The van der Waals surface area contributed by atoms with E-state index in [1.807, 2.05) is 0 Å². The van der Waals surface area contributed by atoms with E-state index in [1.165, 1.54) is 6.92 Å². The van der Waals surface area contributed by atoms with E-state index in [0.717, 1.165) is 0 Å². The van der Waals surface area contributed by atoms with Crippen molar-refractivity contribution in [3.63, 3.8) is 0 Å². The van der Waals surface area contributed by atoms with Crippen molar-refractivity contribution in [2.75, 3.05) is 6.61 Å². The third-order valence-corrected chi connectivity index (χ3v) is 2.36. The topological polar surface area (TPSA) is 42.1 Å². The molecule has 0 aliphatic heterocycles. The Hall–Kier alpha value is -1.46. The second-order valence-electron chi connectivity index (χ2n) is 3.74. The zero-order valence-electron chi connectivity index (χ0n) is 9.86. The van der Waals surface area contributed by atoms with Gasteiger partial charge in [-0.1, -0.05) is 0 Å². The van der Waals surface area contributed by atoms with Gasteiger partial charge in [0.25, 0.3) is 0 Å². The molecule has 0 saturated carbocycles. The second kappa shape index (κ2) is 4.81. The highest BCUT2D eigenvalue weighted by Crippen LogP contribution is 2.28. The SMILES string of the molecule is CCOC(=O)c1c(C)[nH]c(C)c1CC(F)(F)F. The molecule has 0 atom stereocenters. The predicted octanol–water partition coefficient (Wildman–Crippen LogP) is 2.91. The number of aromatic amines is 1. The maximum absolute atomic E-state index is 12.4. The average molecular weight is 249 g/mol. The highest BCUT2D eigenvalue weighted by Gasteiger charge is 2.33. The van der Waals surface area contributed by atoms with Crippen LogP contribution in [0.4, 0.5) is 13.2 Å². The number of carbonyl (C=O) groups excluding carboxylic acids is 1. The summed E-state index contributed by atoms with van der Waals surface area (Å²) in [5.41, 5.74) is 0.721. The number of ether oxygens (including phenoxy) is 1. The molecule has 1 N–H and O–H groups in total. The van der Waals surface area contributed by atoms with Crippen LogP contribution >= 0.6 is 0 Å². The van der Waals surface area contributed by atoms with Crippen molar-refractivity contribution in [2.45, 2.75) is 33.4 Å². The second-order valence-corrected chi connectivity index (χ2v) is 3.74. The van der Waals surface area contributed by atoms with Gasteiger partial charge < -0.3 is 9.72 Å². The van der Waals surface area contributed by atoms with Crippen molar-refractivity contribution in [1.29, 1.82) is 0 Å². The van der Waals surface area contributed by atoms with E-state index in [9.17, 15) is 18.0 Å². The van der Waals surface area contributed by atoms with Crippen molar-refractivity contribution >= 4 is 5.97 Å². The molecule has 17 heavy (non-hydrogen) atoms. The molecule has 0 saturated heterocycles. The highest BCUT2D eigenvalue weighted by molar-refractivity contribution is 5.93. The zero-order valence-corrected chi connectivity index (χ0v) is 9.86. The minimum atomic E-state index is -4.35. The normalized spacial score (nSPS) is 11.6. The first kappa shape index (κ1) is 13.6. The molecule has 1 heterocycles. The fourth-order valence-electron chi connectivity index (χ4n) is 1.73. The number of rotatable bonds is 3. The van der Waals surface area contributed by atoms with Gasteiger partial charge in [-0.25, -0.2) is 4.79 Å². The fraction of sp³-hybridized carbons (Fsp3) is 0.545. The molecule has 1 rings (SSSR count). The van der Waals surface area contributed by atoms with Gasteiger partial charge in [-0.2, -0.15) is 13.2 Å². The van der Waals surface area contributed by atoms with Gasteiger partial charge in [-0.3, -0.25) is 0 Å². The van der Waals surface area contributed by atoms with E-state index in [1.54, 1.807) is 13.8 Å². The van der Waals surface area contributed by atoms with Crippen LogP contribution in [-0.2, 0) is 11.2 Å². The number of alkyl halides is 3. The van der Waals surface area contributed by atoms with E-state index in [0.29, 0.717) is 11.4 Å². The van der Waals surface area contributed by atoms with Crippen molar-refractivity contribution in [1.82, 2.24) is 4.98 Å². The van der Waals surface area contributed by atoms with Gasteiger partial charge in [0.2, 0.25) is 0 Å². The standard InChI is InChI=1S/C11H14F3NO2/c1-4-17-10(16)9-7(3)15-6(2)8(9)5-11(12,13)14/h15H,4-5H2,1-3H3. The Labute approximate surface area is 97.0 Å². The maximum Gasteiger partial charge on any atom is 0.393 e. The number of esters is 1. The molecule has 3 nitrogen and oxygen atoms in total. The highest BCUT2D eigenvalue weighted by atomic mass is 19.4. The van der Waals surface area contributed by atoms with Crippen LogP contribution in [0.25, 0.3) is 0 Å². The molecule has 0 spiro atoms. The zero-order chi connectivity index (χ0) is 13.2. The smallest absolute Gasteiger partial charge is 0.393 e. The predicted molar refractivity (Wildman–Crippen MR) is 56.0 cm³/mol. The van der Waals surface area contributed by atoms with Crippen LogP contribution in [0.1, 0.15) is 34.2 Å². The van der Waals surface area contributed by atoms with Gasteiger partial charge in [-0.15, -0.1) is 0 Å². The number of halogens is 3. The molecule has 96 valence electrons. The molecule has 0 aliphatic carbocycles. The molecular weight excluding hydrogens is 235 g/mol. The summed E-state index contributed by atoms with van der Waals surface area (Å²) in [5, 5.41) is 0. The third kappa shape index (κ3) is 3.25. The Morgan fingerprint density at radius 2 is 1.88 bits per heavy atom. The molecule has 0 radical (unpaired) electrons. The Morgan fingerprint density at radius 1 is 1.29 bits per heavy atom. The van der Waals surface area contributed by atoms with Crippen LogP contribution in [0.2, 0.25) is 0 Å². The number of H-pyrrole nitrogens is 1. The summed E-state index contributed by atoms with van der Waals surface area (Å²) in [4.78, 5) is 14.3. The maximum atomic E-state index is 12.4. The number of hydrogen-bond acceptors (Lipinski definition) is 2. The molecule has 0 amide bonds. The summed E-state index contributed by atoms with van der Waals surface area (Å²) in [7, 11) is 0. The van der Waals surface area contributed by atoms with Crippen molar-refractivity contribution in [2.24, 2.45) is 0 Å². The summed E-state index contributed by atoms with van der Waals surface area (Å²) in [6.45, 7) is 4.81. The number of nitrogens with one attached hydrogen (secondary N) is 1. The van der Waals surface area contributed by atoms with E-state index in [4.69, 9.17) is 4.74 Å². The van der Waals surface area contributed by atoms with Crippen LogP contribution in [0.3, 0.4) is 0 Å². The molecule has 0 fully saturated rings. The quantitative estimate of drug-likeness (QED) is 0.837. The first-order chi connectivity index (χ1) is 7.76. The van der Waals surface area contributed by atoms with Crippen LogP contribution in [-0.4, -0.2) is 23.7 Å². The molecule has 0 aliphatic rings. The average Bonchev–Trinajstić information content (AvgIpc) is 2.39. The summed E-state index contributed by atoms with van der Waals surface area (Å²) < 4.78 is 41.9. The van der Waals surface area contributed by atoms with Crippen LogP contribution in [0.15, 0.2) is 0 Å². The monoisotopic (exact) mass is 249 g/mol. The largest absolute Gasteiger partial charge is 0.462 e. The van der Waals surface area contributed by atoms with Crippen LogP contribution in [0.5, 0.6) is 0 Å². The summed E-state index contributed by atoms with van der Waals surface area (Å²) in [6, 6.07) is 0.